The van der Waals surface area contributed by atoms with Gasteiger partial charge in [0.25, 0.3) is 0 Å². The van der Waals surface area contributed by atoms with Crippen molar-refractivity contribution in [3.05, 3.63) is 57.8 Å². The standard InChI is InChI=1S/C13H10Cl2FNOS/c14-10-2-1-3-11(15)9(10)7-19(18)13-5-4-8(17)6-12(13)16/h1-6H,7,17H2. The van der Waals surface area contributed by atoms with E-state index in [1.807, 2.05) is 0 Å². The third-order valence-corrected chi connectivity index (χ3v) is 4.62. The Balaban J connectivity index is 2.31. The highest BCUT2D eigenvalue weighted by atomic mass is 35.5. The van der Waals surface area contributed by atoms with Crippen LogP contribution in [0.25, 0.3) is 0 Å². The van der Waals surface area contributed by atoms with Gasteiger partial charge in [0.05, 0.1) is 21.4 Å². The highest BCUT2D eigenvalue weighted by Crippen LogP contribution is 2.27. The molecule has 0 saturated carbocycles. The number of anilines is 1. The molecule has 0 fully saturated rings. The summed E-state index contributed by atoms with van der Waals surface area (Å²) in [6.45, 7) is 0. The normalized spacial score (nSPS) is 12.4. The fourth-order valence-corrected chi connectivity index (χ4v) is 3.50. The molecule has 2 rings (SSSR count). The topological polar surface area (TPSA) is 43.1 Å². The Morgan fingerprint density at radius 1 is 1.16 bits per heavy atom. The molecule has 1 atom stereocenters. The van der Waals surface area contributed by atoms with Crippen LogP contribution in [0.4, 0.5) is 10.1 Å². The van der Waals surface area contributed by atoms with Crippen molar-refractivity contribution < 1.29 is 8.60 Å². The van der Waals surface area contributed by atoms with Gasteiger partial charge in [0.2, 0.25) is 0 Å². The van der Waals surface area contributed by atoms with Gasteiger partial charge in [-0.15, -0.1) is 0 Å². The van der Waals surface area contributed by atoms with Crippen molar-refractivity contribution in [2.24, 2.45) is 0 Å². The van der Waals surface area contributed by atoms with E-state index in [9.17, 15) is 8.60 Å². The summed E-state index contributed by atoms with van der Waals surface area (Å²) in [4.78, 5) is 0.0881. The lowest BCUT2D eigenvalue weighted by atomic mass is 10.2. The van der Waals surface area contributed by atoms with E-state index in [1.54, 1.807) is 18.2 Å². The molecule has 2 nitrogen and oxygen atoms in total. The zero-order chi connectivity index (χ0) is 14.0. The van der Waals surface area contributed by atoms with Crippen molar-refractivity contribution in [3.63, 3.8) is 0 Å². The van der Waals surface area contributed by atoms with Crippen LogP contribution in [0.5, 0.6) is 0 Å². The lowest BCUT2D eigenvalue weighted by Gasteiger charge is -2.08. The molecular weight excluding hydrogens is 308 g/mol. The van der Waals surface area contributed by atoms with Crippen LogP contribution in [0.1, 0.15) is 5.56 Å². The first kappa shape index (κ1) is 14.3. The van der Waals surface area contributed by atoms with Gasteiger partial charge in [-0.1, -0.05) is 29.3 Å². The second-order valence-corrected chi connectivity index (χ2v) is 6.11. The third kappa shape index (κ3) is 3.26. The molecular formula is C13H10Cl2FNOS. The summed E-state index contributed by atoms with van der Waals surface area (Å²) in [7, 11) is -1.57. The molecule has 2 aromatic carbocycles. The van der Waals surface area contributed by atoms with E-state index < -0.39 is 16.6 Å². The number of benzene rings is 2. The fraction of sp³-hybridized carbons (Fsp3) is 0.0769. The summed E-state index contributed by atoms with van der Waals surface area (Å²) in [5, 5.41) is 0.827. The molecule has 100 valence electrons. The number of hydrogen-bond acceptors (Lipinski definition) is 2. The molecule has 1 unspecified atom stereocenters. The van der Waals surface area contributed by atoms with Gasteiger partial charge in [0.1, 0.15) is 5.82 Å². The molecule has 0 radical (unpaired) electrons. The molecule has 2 N–H and O–H groups in total. The summed E-state index contributed by atoms with van der Waals surface area (Å²) >= 11 is 12.0. The average Bonchev–Trinajstić information content (AvgIpc) is 2.33. The van der Waals surface area contributed by atoms with Gasteiger partial charge >= 0.3 is 0 Å². The van der Waals surface area contributed by atoms with E-state index in [2.05, 4.69) is 0 Å². The first-order valence-corrected chi connectivity index (χ1v) is 7.43. The third-order valence-electron chi connectivity index (χ3n) is 2.54. The van der Waals surface area contributed by atoms with E-state index in [4.69, 9.17) is 28.9 Å². The Hall–Kier alpha value is -1.10. The number of hydrogen-bond donors (Lipinski definition) is 1. The van der Waals surface area contributed by atoms with Crippen LogP contribution in [-0.2, 0) is 16.6 Å². The van der Waals surface area contributed by atoms with E-state index in [-0.39, 0.29) is 16.3 Å². The van der Waals surface area contributed by atoms with Crippen molar-refractivity contribution in [3.8, 4) is 0 Å². The Labute approximate surface area is 122 Å². The van der Waals surface area contributed by atoms with Gasteiger partial charge in [-0.05, 0) is 30.3 Å². The minimum absolute atomic E-state index is 0.0549. The van der Waals surface area contributed by atoms with E-state index in [0.717, 1.165) is 6.07 Å². The zero-order valence-electron chi connectivity index (χ0n) is 9.70. The Morgan fingerprint density at radius 2 is 1.79 bits per heavy atom. The first-order chi connectivity index (χ1) is 8.99. The lowest BCUT2D eigenvalue weighted by molar-refractivity contribution is 0.596. The number of rotatable bonds is 3. The predicted octanol–water partition coefficient (Wildman–Crippen LogP) is 4.02. The zero-order valence-corrected chi connectivity index (χ0v) is 12.0. The van der Waals surface area contributed by atoms with Gasteiger partial charge in [-0.3, -0.25) is 4.21 Å². The maximum atomic E-state index is 13.7. The van der Waals surface area contributed by atoms with Crippen LogP contribution in [0.3, 0.4) is 0 Å². The van der Waals surface area contributed by atoms with Gasteiger partial charge in [-0.25, -0.2) is 4.39 Å². The monoisotopic (exact) mass is 317 g/mol. The van der Waals surface area contributed by atoms with Crippen LogP contribution in [0.2, 0.25) is 10.0 Å². The van der Waals surface area contributed by atoms with Crippen LogP contribution >= 0.6 is 23.2 Å². The lowest BCUT2D eigenvalue weighted by Crippen LogP contribution is -2.01. The van der Waals surface area contributed by atoms with Gasteiger partial charge in [0.15, 0.2) is 0 Å². The second-order valence-electron chi connectivity index (χ2n) is 3.88. The van der Waals surface area contributed by atoms with Crippen LogP contribution in [-0.4, -0.2) is 4.21 Å². The summed E-state index contributed by atoms with van der Waals surface area (Å²) in [5.74, 6) is -0.541. The van der Waals surface area contributed by atoms with Crippen molar-refractivity contribution in [2.45, 2.75) is 10.6 Å². The quantitative estimate of drug-likeness (QED) is 0.869. The SMILES string of the molecule is Nc1ccc(S(=O)Cc2c(Cl)cccc2Cl)c(F)c1. The maximum absolute atomic E-state index is 13.7. The molecule has 2 aromatic rings. The van der Waals surface area contributed by atoms with Crippen LogP contribution < -0.4 is 5.73 Å². The smallest absolute Gasteiger partial charge is 0.141 e. The first-order valence-electron chi connectivity index (χ1n) is 5.35. The number of nitrogens with two attached hydrogens (primary N) is 1. The molecule has 0 spiro atoms. The van der Waals surface area contributed by atoms with Crippen LogP contribution in [0.15, 0.2) is 41.3 Å². The molecule has 0 aliphatic heterocycles. The summed E-state index contributed by atoms with van der Waals surface area (Å²) < 4.78 is 25.8. The van der Waals surface area contributed by atoms with Gasteiger partial charge in [-0.2, -0.15) is 0 Å². The molecule has 0 saturated heterocycles. The van der Waals surface area contributed by atoms with Crippen molar-refractivity contribution in [2.75, 3.05) is 5.73 Å². The van der Waals surface area contributed by atoms with Crippen molar-refractivity contribution in [1.29, 1.82) is 0 Å². The molecule has 6 heteroatoms. The van der Waals surface area contributed by atoms with Crippen molar-refractivity contribution in [1.82, 2.24) is 0 Å². The Kier molecular flexibility index (Phi) is 4.45. The second kappa shape index (κ2) is 5.90. The molecule has 0 aliphatic rings. The van der Waals surface area contributed by atoms with Crippen LogP contribution in [0, 0.1) is 5.82 Å². The summed E-state index contributed by atoms with van der Waals surface area (Å²) in [5.41, 5.74) is 6.28. The minimum Gasteiger partial charge on any atom is -0.399 e. The van der Waals surface area contributed by atoms with E-state index in [0.29, 0.717) is 15.6 Å². The molecule has 0 aliphatic carbocycles. The highest BCUT2D eigenvalue weighted by molar-refractivity contribution is 7.84. The molecule has 0 heterocycles. The summed E-state index contributed by atoms with van der Waals surface area (Å²) in [6, 6.07) is 9.05. The molecule has 19 heavy (non-hydrogen) atoms. The Morgan fingerprint density at radius 3 is 2.37 bits per heavy atom. The molecule has 0 aromatic heterocycles. The minimum atomic E-state index is -1.57. The van der Waals surface area contributed by atoms with Crippen molar-refractivity contribution >= 4 is 39.7 Å². The van der Waals surface area contributed by atoms with E-state index >= 15 is 0 Å². The average molecular weight is 318 g/mol. The van der Waals surface area contributed by atoms with Gasteiger partial charge in [0, 0.05) is 21.3 Å². The predicted molar refractivity (Wildman–Crippen MR) is 77.4 cm³/mol. The van der Waals surface area contributed by atoms with E-state index in [1.165, 1.54) is 12.1 Å². The number of halogens is 3. The number of nitrogen functional groups attached to an aromatic ring is 1. The maximum Gasteiger partial charge on any atom is 0.141 e. The van der Waals surface area contributed by atoms with Gasteiger partial charge < -0.3 is 5.73 Å². The highest BCUT2D eigenvalue weighted by Gasteiger charge is 2.14. The Bertz CT molecular complexity index is 628. The summed E-state index contributed by atoms with van der Waals surface area (Å²) in [6.07, 6.45) is 0. The molecule has 0 amide bonds. The molecule has 0 bridgehead atoms. The fourth-order valence-electron chi connectivity index (χ4n) is 1.58. The largest absolute Gasteiger partial charge is 0.399 e.